The minimum absolute atomic E-state index is 0. The van der Waals surface area contributed by atoms with Gasteiger partial charge in [-0.15, -0.1) is 17.5 Å². The monoisotopic (exact) mass is 333 g/mol. The molecule has 0 bridgehead atoms. The number of nitrogen functional groups attached to an aromatic ring is 1. The second kappa shape index (κ2) is 7.02. The Hall–Kier alpha value is -2.73. The summed E-state index contributed by atoms with van der Waals surface area (Å²) >= 11 is 0. The number of hydrogen-bond donors (Lipinski definition) is 2. The molecule has 3 rings (SSSR count). The van der Waals surface area contributed by atoms with E-state index in [-0.39, 0.29) is 18.3 Å². The molecule has 0 saturated heterocycles. The Bertz CT molecular complexity index is 818. The first-order valence-corrected chi connectivity index (χ1v) is 6.78. The normalized spacial score (nSPS) is 10.3. The first kappa shape index (κ1) is 16.6. The molecule has 0 spiro atoms. The summed E-state index contributed by atoms with van der Waals surface area (Å²) in [5, 5.41) is 13.8. The number of nitrogens with zero attached hydrogens (tertiary/aromatic N) is 2. The highest BCUT2D eigenvalue weighted by Crippen LogP contribution is 2.27. The molecule has 0 aliphatic rings. The summed E-state index contributed by atoms with van der Waals surface area (Å²) in [4.78, 5) is 10.7. The Morgan fingerprint density at radius 1 is 1.22 bits per heavy atom. The molecule has 0 saturated carbocycles. The molecule has 0 fully saturated rings. The van der Waals surface area contributed by atoms with E-state index < -0.39 is 12.6 Å². The summed E-state index contributed by atoms with van der Waals surface area (Å²) < 4.78 is 7.05. The molecule has 3 aromatic rings. The number of nitrogens with two attached hydrogens (primary N) is 1. The average molecular weight is 334 g/mol. The van der Waals surface area contributed by atoms with Crippen molar-refractivity contribution >= 4 is 35.0 Å². The SMILES string of the molecule is Cl.Nc1ccc2c(c1)c(OCC(=O)O)nn2Cc1ccccc1. The lowest BCUT2D eigenvalue weighted by Crippen LogP contribution is -2.10. The van der Waals surface area contributed by atoms with Crippen molar-refractivity contribution in [1.82, 2.24) is 9.78 Å². The van der Waals surface area contributed by atoms with Crippen LogP contribution in [0, 0.1) is 0 Å². The second-order valence-electron chi connectivity index (χ2n) is 4.91. The van der Waals surface area contributed by atoms with Crippen LogP contribution in [0.25, 0.3) is 10.9 Å². The van der Waals surface area contributed by atoms with E-state index in [0.29, 0.717) is 17.6 Å². The second-order valence-corrected chi connectivity index (χ2v) is 4.91. The number of rotatable bonds is 5. The number of ether oxygens (including phenoxy) is 1. The maximum atomic E-state index is 10.7. The number of hydrogen-bond acceptors (Lipinski definition) is 4. The molecule has 2 aromatic carbocycles. The van der Waals surface area contributed by atoms with Crippen LogP contribution >= 0.6 is 12.4 Å². The fourth-order valence-corrected chi connectivity index (χ4v) is 2.28. The zero-order valence-electron chi connectivity index (χ0n) is 12.2. The maximum Gasteiger partial charge on any atom is 0.341 e. The summed E-state index contributed by atoms with van der Waals surface area (Å²) in [5.41, 5.74) is 8.31. The fraction of sp³-hybridized carbons (Fsp3) is 0.125. The van der Waals surface area contributed by atoms with Crippen LogP contribution in [0.4, 0.5) is 5.69 Å². The van der Waals surface area contributed by atoms with Gasteiger partial charge >= 0.3 is 5.97 Å². The topological polar surface area (TPSA) is 90.4 Å². The Balaban J connectivity index is 0.00000192. The van der Waals surface area contributed by atoms with Gasteiger partial charge in [0.25, 0.3) is 0 Å². The van der Waals surface area contributed by atoms with Gasteiger partial charge in [0.2, 0.25) is 5.88 Å². The van der Waals surface area contributed by atoms with Crippen molar-refractivity contribution in [3.05, 3.63) is 54.1 Å². The summed E-state index contributed by atoms with van der Waals surface area (Å²) in [6.07, 6.45) is 0. The highest BCUT2D eigenvalue weighted by Gasteiger charge is 2.13. The Labute approximate surface area is 138 Å². The highest BCUT2D eigenvalue weighted by atomic mass is 35.5. The quantitative estimate of drug-likeness (QED) is 0.700. The van der Waals surface area contributed by atoms with Gasteiger partial charge in [-0.25, -0.2) is 4.79 Å². The summed E-state index contributed by atoms with van der Waals surface area (Å²) in [6, 6.07) is 15.3. The number of aromatic nitrogens is 2. The van der Waals surface area contributed by atoms with Crippen molar-refractivity contribution < 1.29 is 14.6 Å². The number of carboxylic acids is 1. The van der Waals surface area contributed by atoms with Crippen LogP contribution in [-0.4, -0.2) is 27.5 Å². The minimum Gasteiger partial charge on any atom is -0.479 e. The number of carboxylic acid groups (broad SMARTS) is 1. The molecule has 3 N–H and O–H groups in total. The van der Waals surface area contributed by atoms with E-state index in [0.717, 1.165) is 11.1 Å². The van der Waals surface area contributed by atoms with E-state index in [1.165, 1.54) is 0 Å². The van der Waals surface area contributed by atoms with Crippen molar-refractivity contribution in [2.24, 2.45) is 0 Å². The molecule has 1 heterocycles. The third-order valence-corrected chi connectivity index (χ3v) is 3.25. The van der Waals surface area contributed by atoms with Crippen molar-refractivity contribution in [2.45, 2.75) is 6.54 Å². The van der Waals surface area contributed by atoms with Gasteiger partial charge in [0.15, 0.2) is 6.61 Å². The van der Waals surface area contributed by atoms with Gasteiger partial charge in [0.05, 0.1) is 17.4 Å². The molecular formula is C16H16ClN3O3. The van der Waals surface area contributed by atoms with Gasteiger partial charge < -0.3 is 15.6 Å². The molecule has 0 amide bonds. The molecule has 23 heavy (non-hydrogen) atoms. The van der Waals surface area contributed by atoms with Gasteiger partial charge in [0, 0.05) is 5.69 Å². The number of carbonyl (C=O) groups is 1. The lowest BCUT2D eigenvalue weighted by Gasteiger charge is -2.03. The predicted octanol–water partition coefficient (Wildman–Crippen LogP) is 2.55. The lowest BCUT2D eigenvalue weighted by atomic mass is 10.2. The molecule has 1 aromatic heterocycles. The molecule has 7 heteroatoms. The Morgan fingerprint density at radius 2 is 1.96 bits per heavy atom. The van der Waals surface area contributed by atoms with E-state index in [2.05, 4.69) is 5.10 Å². The number of benzene rings is 2. The van der Waals surface area contributed by atoms with Crippen molar-refractivity contribution in [2.75, 3.05) is 12.3 Å². The number of halogens is 1. The molecule has 0 atom stereocenters. The number of aliphatic carboxylic acids is 1. The van der Waals surface area contributed by atoms with Crippen LogP contribution < -0.4 is 10.5 Å². The fourth-order valence-electron chi connectivity index (χ4n) is 2.28. The molecule has 0 unspecified atom stereocenters. The molecular weight excluding hydrogens is 318 g/mol. The van der Waals surface area contributed by atoms with Gasteiger partial charge in [0.1, 0.15) is 0 Å². The van der Waals surface area contributed by atoms with Gasteiger partial charge in [-0.1, -0.05) is 30.3 Å². The van der Waals surface area contributed by atoms with Crippen LogP contribution in [0.15, 0.2) is 48.5 Å². The average Bonchev–Trinajstić information content (AvgIpc) is 2.83. The molecule has 120 valence electrons. The highest BCUT2D eigenvalue weighted by molar-refractivity contribution is 5.87. The van der Waals surface area contributed by atoms with Crippen molar-refractivity contribution in [3.8, 4) is 5.88 Å². The van der Waals surface area contributed by atoms with Crippen molar-refractivity contribution in [1.29, 1.82) is 0 Å². The van der Waals surface area contributed by atoms with Crippen LogP contribution in [0.2, 0.25) is 0 Å². The van der Waals surface area contributed by atoms with Gasteiger partial charge in [-0.2, -0.15) is 0 Å². The first-order chi connectivity index (χ1) is 10.6. The molecule has 0 radical (unpaired) electrons. The van der Waals surface area contributed by atoms with E-state index >= 15 is 0 Å². The van der Waals surface area contributed by atoms with E-state index in [1.807, 2.05) is 36.4 Å². The van der Waals surface area contributed by atoms with E-state index in [4.69, 9.17) is 15.6 Å². The predicted molar refractivity (Wildman–Crippen MR) is 90.1 cm³/mol. The third kappa shape index (κ3) is 3.73. The van der Waals surface area contributed by atoms with Gasteiger partial charge in [-0.05, 0) is 23.8 Å². The van der Waals surface area contributed by atoms with Crippen LogP contribution in [0.3, 0.4) is 0 Å². The lowest BCUT2D eigenvalue weighted by molar-refractivity contribution is -0.139. The molecule has 0 aliphatic heterocycles. The van der Waals surface area contributed by atoms with Crippen molar-refractivity contribution in [3.63, 3.8) is 0 Å². The summed E-state index contributed by atoms with van der Waals surface area (Å²) in [6.45, 7) is 0.129. The number of anilines is 1. The first-order valence-electron chi connectivity index (χ1n) is 6.78. The van der Waals surface area contributed by atoms with Gasteiger partial charge in [-0.3, -0.25) is 4.68 Å². The summed E-state index contributed by atoms with van der Waals surface area (Å²) in [7, 11) is 0. The maximum absolute atomic E-state index is 10.7. The standard InChI is InChI=1S/C16H15N3O3.ClH/c17-12-6-7-14-13(8-12)16(22-10-15(20)21)18-19(14)9-11-4-2-1-3-5-11;/h1-8H,9-10,17H2,(H,20,21);1H. The zero-order chi connectivity index (χ0) is 15.5. The Kier molecular flexibility index (Phi) is 5.08. The largest absolute Gasteiger partial charge is 0.479 e. The van der Waals surface area contributed by atoms with Crippen LogP contribution in [0.5, 0.6) is 5.88 Å². The Morgan fingerprint density at radius 3 is 2.65 bits per heavy atom. The van der Waals surface area contributed by atoms with Crippen LogP contribution in [-0.2, 0) is 11.3 Å². The number of fused-ring (bicyclic) bond motifs is 1. The third-order valence-electron chi connectivity index (χ3n) is 3.25. The summed E-state index contributed by atoms with van der Waals surface area (Å²) in [5.74, 6) is -0.768. The van der Waals surface area contributed by atoms with Crippen LogP contribution in [0.1, 0.15) is 5.56 Å². The van der Waals surface area contributed by atoms with E-state index in [1.54, 1.807) is 16.8 Å². The smallest absolute Gasteiger partial charge is 0.341 e. The van der Waals surface area contributed by atoms with E-state index in [9.17, 15) is 4.79 Å². The molecule has 6 nitrogen and oxygen atoms in total. The molecule has 0 aliphatic carbocycles. The zero-order valence-corrected chi connectivity index (χ0v) is 13.0. The minimum atomic E-state index is -1.05.